The topological polar surface area (TPSA) is 50.4 Å². The van der Waals surface area contributed by atoms with Crippen molar-refractivity contribution in [3.63, 3.8) is 0 Å². The van der Waals surface area contributed by atoms with Gasteiger partial charge >= 0.3 is 0 Å². The first kappa shape index (κ1) is 16.3. The lowest BCUT2D eigenvalue weighted by Gasteiger charge is -2.32. The van der Waals surface area contributed by atoms with Gasteiger partial charge in [0.2, 0.25) is 0 Å². The number of methoxy groups -OCH3 is 1. The van der Waals surface area contributed by atoms with Crippen LogP contribution in [0, 0.1) is 17.8 Å². The van der Waals surface area contributed by atoms with E-state index >= 15 is 0 Å². The molecule has 4 rings (SSSR count). The minimum absolute atomic E-state index is 0.0923. The number of fused-ring (bicyclic) bond motifs is 1. The van der Waals surface area contributed by atoms with E-state index < -0.39 is 5.60 Å². The maximum atomic E-state index is 13.3. The zero-order valence-electron chi connectivity index (χ0n) is 14.4. The van der Waals surface area contributed by atoms with E-state index in [0.717, 1.165) is 42.6 Å². The van der Waals surface area contributed by atoms with Gasteiger partial charge in [0.25, 0.3) is 5.91 Å². The summed E-state index contributed by atoms with van der Waals surface area (Å²) in [5, 5.41) is 6.57. The molecule has 2 atom stereocenters. The highest BCUT2D eigenvalue weighted by Gasteiger charge is 2.53. The number of hydrogen-bond donors (Lipinski definition) is 2. The summed E-state index contributed by atoms with van der Waals surface area (Å²) in [6.45, 7) is 2.89. The first-order chi connectivity index (χ1) is 12.3. The minimum Gasteiger partial charge on any atom is -0.359 e. The molecule has 1 saturated carbocycles. The molecule has 4 heteroatoms. The second-order valence-corrected chi connectivity index (χ2v) is 6.98. The Hall–Kier alpha value is -2.17. The molecule has 25 heavy (non-hydrogen) atoms. The van der Waals surface area contributed by atoms with Crippen LogP contribution in [0.1, 0.15) is 11.1 Å². The van der Waals surface area contributed by atoms with Gasteiger partial charge < -0.3 is 15.4 Å². The van der Waals surface area contributed by atoms with E-state index in [1.165, 1.54) is 0 Å². The molecule has 2 aliphatic rings. The fraction of sp³-hybridized carbons (Fsp3) is 0.381. The highest BCUT2D eigenvalue weighted by molar-refractivity contribution is 5.90. The molecule has 1 aliphatic heterocycles. The smallest absolute Gasteiger partial charge is 0.261 e. The second kappa shape index (κ2) is 6.62. The molecule has 2 unspecified atom stereocenters. The van der Waals surface area contributed by atoms with Crippen LogP contribution in [-0.2, 0) is 15.1 Å². The van der Waals surface area contributed by atoms with Crippen molar-refractivity contribution in [1.82, 2.24) is 10.6 Å². The Labute approximate surface area is 148 Å². The van der Waals surface area contributed by atoms with Gasteiger partial charge in [-0.1, -0.05) is 60.7 Å². The fourth-order valence-electron chi connectivity index (χ4n) is 4.29. The summed E-state index contributed by atoms with van der Waals surface area (Å²) in [5.41, 5.74) is 0.572. The molecule has 1 aliphatic carbocycles. The van der Waals surface area contributed by atoms with E-state index in [1.807, 2.05) is 60.7 Å². The highest BCUT2D eigenvalue weighted by Crippen LogP contribution is 2.48. The molecule has 2 N–H and O–H groups in total. The summed E-state index contributed by atoms with van der Waals surface area (Å²) in [7, 11) is 1.61. The molecule has 0 spiro atoms. The van der Waals surface area contributed by atoms with Crippen molar-refractivity contribution in [2.24, 2.45) is 17.8 Å². The standard InChI is InChI=1S/C21H24N2O2/c1-25-21(15-8-4-2-5-9-15,16-10-6-3-7-11-16)20(24)23-14-19-17-12-22-13-18(17)19/h2-11,17-19,22H,12-14H2,1H3,(H,23,24). The Morgan fingerprint density at radius 1 is 1.04 bits per heavy atom. The highest BCUT2D eigenvalue weighted by atomic mass is 16.5. The van der Waals surface area contributed by atoms with Crippen LogP contribution in [0.25, 0.3) is 0 Å². The maximum Gasteiger partial charge on any atom is 0.261 e. The van der Waals surface area contributed by atoms with Crippen LogP contribution in [0.4, 0.5) is 0 Å². The molecule has 0 radical (unpaired) electrons. The number of rotatable bonds is 6. The first-order valence-electron chi connectivity index (χ1n) is 8.92. The number of benzene rings is 2. The van der Waals surface area contributed by atoms with E-state index in [9.17, 15) is 4.79 Å². The maximum absolute atomic E-state index is 13.3. The van der Waals surface area contributed by atoms with Crippen molar-refractivity contribution in [3.8, 4) is 0 Å². The van der Waals surface area contributed by atoms with E-state index in [4.69, 9.17) is 4.74 Å². The minimum atomic E-state index is -1.12. The van der Waals surface area contributed by atoms with Crippen molar-refractivity contribution in [2.75, 3.05) is 26.7 Å². The SMILES string of the molecule is COC(C(=O)NCC1C2CNCC21)(c1ccccc1)c1ccccc1. The number of nitrogens with one attached hydrogen (secondary N) is 2. The van der Waals surface area contributed by atoms with E-state index in [0.29, 0.717) is 5.92 Å². The zero-order valence-corrected chi connectivity index (χ0v) is 14.4. The largest absolute Gasteiger partial charge is 0.359 e. The molecule has 0 aromatic heterocycles. The Kier molecular flexibility index (Phi) is 4.32. The summed E-state index contributed by atoms with van der Waals surface area (Å²) in [4.78, 5) is 13.3. The molecule has 2 aromatic rings. The number of carbonyl (C=O) groups excluding carboxylic acids is 1. The predicted octanol–water partition coefficient (Wildman–Crippen LogP) is 2.16. The average molecular weight is 336 g/mol. The normalized spacial score (nSPS) is 24.6. The lowest BCUT2D eigenvalue weighted by atomic mass is 9.85. The van der Waals surface area contributed by atoms with Gasteiger partial charge in [-0.3, -0.25) is 4.79 Å². The third kappa shape index (κ3) is 2.75. The number of amides is 1. The Balaban J connectivity index is 1.61. The molecule has 1 amide bonds. The van der Waals surface area contributed by atoms with Crippen LogP contribution in [-0.4, -0.2) is 32.7 Å². The summed E-state index contributed by atoms with van der Waals surface area (Å²) in [5.74, 6) is 1.97. The lowest BCUT2D eigenvalue weighted by molar-refractivity contribution is -0.140. The predicted molar refractivity (Wildman–Crippen MR) is 97.0 cm³/mol. The number of ether oxygens (including phenoxy) is 1. The number of piperidine rings is 1. The number of hydrogen-bond acceptors (Lipinski definition) is 3. The van der Waals surface area contributed by atoms with E-state index in [1.54, 1.807) is 7.11 Å². The van der Waals surface area contributed by atoms with E-state index in [-0.39, 0.29) is 5.91 Å². The van der Waals surface area contributed by atoms with Crippen LogP contribution in [0.3, 0.4) is 0 Å². The molecule has 2 aromatic carbocycles. The van der Waals surface area contributed by atoms with Crippen LogP contribution >= 0.6 is 0 Å². The summed E-state index contributed by atoms with van der Waals surface area (Å²) in [6.07, 6.45) is 0. The van der Waals surface area contributed by atoms with Crippen molar-refractivity contribution in [2.45, 2.75) is 5.60 Å². The van der Waals surface area contributed by atoms with Crippen molar-refractivity contribution in [1.29, 1.82) is 0 Å². The van der Waals surface area contributed by atoms with Gasteiger partial charge in [-0.2, -0.15) is 0 Å². The van der Waals surface area contributed by atoms with Gasteiger partial charge in [0.1, 0.15) is 0 Å². The van der Waals surface area contributed by atoms with Crippen molar-refractivity contribution in [3.05, 3.63) is 71.8 Å². The first-order valence-corrected chi connectivity index (χ1v) is 8.92. The van der Waals surface area contributed by atoms with Crippen LogP contribution < -0.4 is 10.6 Å². The molecular weight excluding hydrogens is 312 g/mol. The zero-order chi connectivity index (χ0) is 17.3. The Morgan fingerprint density at radius 3 is 2.04 bits per heavy atom. The molecule has 1 heterocycles. The molecule has 0 bridgehead atoms. The van der Waals surface area contributed by atoms with E-state index in [2.05, 4.69) is 10.6 Å². The lowest BCUT2D eigenvalue weighted by Crippen LogP contribution is -2.47. The van der Waals surface area contributed by atoms with Crippen LogP contribution in [0.15, 0.2) is 60.7 Å². The molecule has 130 valence electrons. The molecule has 2 fully saturated rings. The molecular formula is C21H24N2O2. The quantitative estimate of drug-likeness (QED) is 0.850. The second-order valence-electron chi connectivity index (χ2n) is 6.98. The monoisotopic (exact) mass is 336 g/mol. The van der Waals surface area contributed by atoms with Gasteiger partial charge in [-0.25, -0.2) is 0 Å². The van der Waals surface area contributed by atoms with Gasteiger partial charge in [0.15, 0.2) is 5.60 Å². The molecule has 1 saturated heterocycles. The average Bonchev–Trinajstić information content (AvgIpc) is 3.10. The summed E-state index contributed by atoms with van der Waals surface area (Å²) < 4.78 is 5.89. The van der Waals surface area contributed by atoms with Crippen molar-refractivity contribution < 1.29 is 9.53 Å². The van der Waals surface area contributed by atoms with Crippen LogP contribution in [0.2, 0.25) is 0 Å². The fourth-order valence-corrected chi connectivity index (χ4v) is 4.29. The van der Waals surface area contributed by atoms with Crippen molar-refractivity contribution >= 4 is 5.91 Å². The van der Waals surface area contributed by atoms with Gasteiger partial charge in [-0.15, -0.1) is 0 Å². The van der Waals surface area contributed by atoms with Crippen LogP contribution in [0.5, 0.6) is 0 Å². The Bertz CT molecular complexity index is 683. The van der Waals surface area contributed by atoms with Gasteiger partial charge in [0.05, 0.1) is 0 Å². The third-order valence-corrected chi connectivity index (χ3v) is 5.75. The number of carbonyl (C=O) groups is 1. The van der Waals surface area contributed by atoms with Gasteiger partial charge in [0, 0.05) is 13.7 Å². The summed E-state index contributed by atoms with van der Waals surface area (Å²) >= 11 is 0. The summed E-state index contributed by atoms with van der Waals surface area (Å²) in [6, 6.07) is 19.5. The molecule has 4 nitrogen and oxygen atoms in total. The third-order valence-electron chi connectivity index (χ3n) is 5.75. The van der Waals surface area contributed by atoms with Gasteiger partial charge in [-0.05, 0) is 42.0 Å². The Morgan fingerprint density at radius 2 is 1.56 bits per heavy atom.